The Kier molecular flexibility index (Phi) is 5.98. The molecule has 1 aromatic carbocycles. The van der Waals surface area contributed by atoms with Gasteiger partial charge in [-0.3, -0.25) is 4.79 Å². The van der Waals surface area contributed by atoms with Gasteiger partial charge < -0.3 is 10.6 Å². The molecule has 0 aliphatic heterocycles. The van der Waals surface area contributed by atoms with Gasteiger partial charge in [-0.05, 0) is 47.5 Å². The topological polar surface area (TPSA) is 41.1 Å². The fourth-order valence-corrected chi connectivity index (χ4v) is 2.03. The summed E-state index contributed by atoms with van der Waals surface area (Å²) in [6.07, 6.45) is 0.943. The number of carbonyl (C=O) groups excluding carboxylic acids is 1. The second-order valence-corrected chi connectivity index (χ2v) is 5.55. The molecule has 2 N–H and O–H groups in total. The Morgan fingerprint density at radius 2 is 2.12 bits per heavy atom. The maximum Gasteiger partial charge on any atom is 0.242 e. The molecule has 0 radical (unpaired) electrons. The standard InChI is InChI=1S/C12H16Br2N2O/c1-3-6-15-12(17)8(2)16-11-7-9(13)4-5-10(11)14/h4-5,7-8,16H,3,6H2,1-2H3,(H,15,17). The van der Waals surface area contributed by atoms with Crippen molar-refractivity contribution in [3.8, 4) is 0 Å². The monoisotopic (exact) mass is 362 g/mol. The molecule has 3 nitrogen and oxygen atoms in total. The van der Waals surface area contributed by atoms with E-state index in [2.05, 4.69) is 42.5 Å². The van der Waals surface area contributed by atoms with E-state index >= 15 is 0 Å². The summed E-state index contributed by atoms with van der Waals surface area (Å²) in [5.74, 6) is 0.0127. The van der Waals surface area contributed by atoms with E-state index in [0.717, 1.165) is 21.1 Å². The number of carbonyl (C=O) groups is 1. The van der Waals surface area contributed by atoms with Crippen LogP contribution in [0.15, 0.2) is 27.1 Å². The Morgan fingerprint density at radius 1 is 1.41 bits per heavy atom. The van der Waals surface area contributed by atoms with Gasteiger partial charge in [-0.15, -0.1) is 0 Å². The minimum Gasteiger partial charge on any atom is -0.373 e. The number of halogens is 2. The number of rotatable bonds is 5. The van der Waals surface area contributed by atoms with E-state index < -0.39 is 0 Å². The number of benzene rings is 1. The third kappa shape index (κ3) is 4.68. The number of hydrogen-bond acceptors (Lipinski definition) is 2. The molecule has 0 aliphatic carbocycles. The molecule has 1 amide bonds. The zero-order valence-corrected chi connectivity index (χ0v) is 13.1. The van der Waals surface area contributed by atoms with Crippen LogP contribution in [0.2, 0.25) is 0 Å². The molecule has 5 heteroatoms. The van der Waals surface area contributed by atoms with Gasteiger partial charge in [0.2, 0.25) is 5.91 Å². The van der Waals surface area contributed by atoms with Gasteiger partial charge in [-0.2, -0.15) is 0 Å². The second-order valence-electron chi connectivity index (χ2n) is 3.78. The molecule has 1 unspecified atom stereocenters. The Balaban J connectivity index is 2.64. The van der Waals surface area contributed by atoms with Crippen LogP contribution in [0, 0.1) is 0 Å². The van der Waals surface area contributed by atoms with E-state index in [1.54, 1.807) is 0 Å². The predicted molar refractivity (Wildman–Crippen MR) is 78.2 cm³/mol. The van der Waals surface area contributed by atoms with Crippen LogP contribution < -0.4 is 10.6 Å². The Labute approximate surface area is 119 Å². The Hall–Kier alpha value is -0.550. The summed E-state index contributed by atoms with van der Waals surface area (Å²) in [5, 5.41) is 6.03. The van der Waals surface area contributed by atoms with Gasteiger partial charge in [-0.1, -0.05) is 22.9 Å². The first-order valence-corrected chi connectivity index (χ1v) is 7.12. The van der Waals surface area contributed by atoms with Crippen molar-refractivity contribution in [1.82, 2.24) is 5.32 Å². The van der Waals surface area contributed by atoms with Gasteiger partial charge in [0.05, 0.1) is 5.69 Å². The van der Waals surface area contributed by atoms with Crippen molar-refractivity contribution >= 4 is 43.5 Å². The minimum absolute atomic E-state index is 0.0127. The SMILES string of the molecule is CCCNC(=O)C(C)Nc1cc(Br)ccc1Br. The molecule has 0 spiro atoms. The summed E-state index contributed by atoms with van der Waals surface area (Å²) in [7, 11) is 0. The molecule has 94 valence electrons. The highest BCUT2D eigenvalue weighted by atomic mass is 79.9. The lowest BCUT2D eigenvalue weighted by molar-refractivity contribution is -0.121. The number of nitrogens with one attached hydrogen (secondary N) is 2. The molecule has 0 saturated heterocycles. The van der Waals surface area contributed by atoms with Crippen LogP contribution >= 0.6 is 31.9 Å². The first kappa shape index (κ1) is 14.5. The molecule has 1 atom stereocenters. The average molecular weight is 364 g/mol. The summed E-state index contributed by atoms with van der Waals surface area (Å²) in [6, 6.07) is 5.56. The quantitative estimate of drug-likeness (QED) is 0.840. The predicted octanol–water partition coefficient (Wildman–Crippen LogP) is 3.54. The summed E-state index contributed by atoms with van der Waals surface area (Å²) in [4.78, 5) is 11.7. The van der Waals surface area contributed by atoms with Gasteiger partial charge >= 0.3 is 0 Å². The lowest BCUT2D eigenvalue weighted by Gasteiger charge is -2.16. The largest absolute Gasteiger partial charge is 0.373 e. The van der Waals surface area contributed by atoms with Crippen molar-refractivity contribution in [2.24, 2.45) is 0 Å². The number of anilines is 1. The summed E-state index contributed by atoms with van der Waals surface area (Å²) >= 11 is 6.85. The summed E-state index contributed by atoms with van der Waals surface area (Å²) < 4.78 is 1.92. The molecule has 0 heterocycles. The van der Waals surface area contributed by atoms with Gasteiger partial charge in [0.15, 0.2) is 0 Å². The zero-order chi connectivity index (χ0) is 12.8. The van der Waals surface area contributed by atoms with Crippen molar-refractivity contribution in [2.75, 3.05) is 11.9 Å². The van der Waals surface area contributed by atoms with Crippen molar-refractivity contribution < 1.29 is 4.79 Å². The number of amides is 1. The first-order chi connectivity index (χ1) is 8.04. The maximum atomic E-state index is 11.7. The van der Waals surface area contributed by atoms with Gasteiger partial charge in [0.1, 0.15) is 6.04 Å². The zero-order valence-electron chi connectivity index (χ0n) is 9.89. The van der Waals surface area contributed by atoms with Gasteiger partial charge in [0.25, 0.3) is 0 Å². The van der Waals surface area contributed by atoms with Crippen LogP contribution in [0.25, 0.3) is 0 Å². The third-order valence-corrected chi connectivity index (χ3v) is 3.43. The molecule has 0 fully saturated rings. The van der Waals surface area contributed by atoms with Crippen LogP contribution in [0.3, 0.4) is 0 Å². The normalized spacial score (nSPS) is 12.0. The van der Waals surface area contributed by atoms with Crippen LogP contribution in [-0.4, -0.2) is 18.5 Å². The van der Waals surface area contributed by atoms with E-state index in [-0.39, 0.29) is 11.9 Å². The van der Waals surface area contributed by atoms with Crippen LogP contribution in [0.4, 0.5) is 5.69 Å². The minimum atomic E-state index is -0.257. The molecular weight excluding hydrogens is 348 g/mol. The summed E-state index contributed by atoms with van der Waals surface area (Å²) in [6.45, 7) is 4.59. The highest BCUT2D eigenvalue weighted by Crippen LogP contribution is 2.26. The highest BCUT2D eigenvalue weighted by Gasteiger charge is 2.12. The van der Waals surface area contributed by atoms with Crippen LogP contribution in [-0.2, 0) is 4.79 Å². The fourth-order valence-electron chi connectivity index (χ4n) is 1.31. The molecule has 1 rings (SSSR count). The van der Waals surface area contributed by atoms with E-state index in [1.165, 1.54) is 0 Å². The van der Waals surface area contributed by atoms with Crippen LogP contribution in [0.1, 0.15) is 20.3 Å². The van der Waals surface area contributed by atoms with Crippen LogP contribution in [0.5, 0.6) is 0 Å². The molecule has 0 bridgehead atoms. The van der Waals surface area contributed by atoms with Gasteiger partial charge in [-0.25, -0.2) is 0 Å². The van der Waals surface area contributed by atoms with E-state index in [1.807, 2.05) is 32.0 Å². The van der Waals surface area contributed by atoms with Crippen molar-refractivity contribution in [2.45, 2.75) is 26.3 Å². The van der Waals surface area contributed by atoms with E-state index in [9.17, 15) is 4.79 Å². The van der Waals surface area contributed by atoms with Crippen molar-refractivity contribution in [3.63, 3.8) is 0 Å². The highest BCUT2D eigenvalue weighted by molar-refractivity contribution is 9.11. The smallest absolute Gasteiger partial charge is 0.242 e. The van der Waals surface area contributed by atoms with Crippen molar-refractivity contribution in [1.29, 1.82) is 0 Å². The molecule has 0 aliphatic rings. The molecule has 0 aromatic heterocycles. The molecule has 0 saturated carbocycles. The average Bonchev–Trinajstić information content (AvgIpc) is 2.30. The lowest BCUT2D eigenvalue weighted by Crippen LogP contribution is -2.37. The molecule has 17 heavy (non-hydrogen) atoms. The van der Waals surface area contributed by atoms with Gasteiger partial charge in [0, 0.05) is 15.5 Å². The Morgan fingerprint density at radius 3 is 2.76 bits per heavy atom. The maximum absolute atomic E-state index is 11.7. The van der Waals surface area contributed by atoms with Crippen molar-refractivity contribution in [3.05, 3.63) is 27.1 Å². The lowest BCUT2D eigenvalue weighted by atomic mass is 10.2. The molecule has 1 aromatic rings. The summed E-state index contributed by atoms with van der Waals surface area (Å²) in [5.41, 5.74) is 0.901. The van der Waals surface area contributed by atoms with E-state index in [4.69, 9.17) is 0 Å². The van der Waals surface area contributed by atoms with E-state index in [0.29, 0.717) is 6.54 Å². The fraction of sp³-hybridized carbons (Fsp3) is 0.417. The third-order valence-electron chi connectivity index (χ3n) is 2.24. The first-order valence-electron chi connectivity index (χ1n) is 5.54. The molecular formula is C12H16Br2N2O. The Bertz CT molecular complexity index is 396. The second kappa shape index (κ2) is 7.01. The number of hydrogen-bond donors (Lipinski definition) is 2.